The van der Waals surface area contributed by atoms with E-state index in [1.165, 1.54) is 0 Å². The average molecular weight is 365 g/mol. The molecule has 0 spiro atoms. The summed E-state index contributed by atoms with van der Waals surface area (Å²) in [5, 5.41) is 14.6. The van der Waals surface area contributed by atoms with Crippen LogP contribution in [0.4, 0.5) is 0 Å². The van der Waals surface area contributed by atoms with E-state index in [-0.39, 0.29) is 18.4 Å². The van der Waals surface area contributed by atoms with Crippen molar-refractivity contribution in [3.63, 3.8) is 0 Å². The first-order chi connectivity index (χ1) is 13.2. The number of nitrogens with one attached hydrogen (secondary N) is 1. The molecular formula is C19H19N5O3. The zero-order chi connectivity index (χ0) is 18.6. The Kier molecular flexibility index (Phi) is 4.69. The molecule has 0 bridgehead atoms. The second kappa shape index (κ2) is 7.45. The van der Waals surface area contributed by atoms with Crippen LogP contribution in [0.2, 0.25) is 0 Å². The molecule has 3 aromatic rings. The molecule has 0 aliphatic carbocycles. The summed E-state index contributed by atoms with van der Waals surface area (Å²) in [6.45, 7) is 0.580. The van der Waals surface area contributed by atoms with Gasteiger partial charge < -0.3 is 14.8 Å². The fourth-order valence-electron chi connectivity index (χ4n) is 3.06. The van der Waals surface area contributed by atoms with Crippen LogP contribution in [-0.4, -0.2) is 39.8 Å². The van der Waals surface area contributed by atoms with Crippen molar-refractivity contribution in [2.75, 3.05) is 13.7 Å². The van der Waals surface area contributed by atoms with E-state index in [1.807, 2.05) is 48.5 Å². The lowest BCUT2D eigenvalue weighted by atomic mass is 9.96. The van der Waals surface area contributed by atoms with Crippen molar-refractivity contribution >= 4 is 5.91 Å². The molecule has 0 fully saturated rings. The predicted octanol–water partition coefficient (Wildman–Crippen LogP) is 1.54. The van der Waals surface area contributed by atoms with Crippen LogP contribution in [0.5, 0.6) is 11.5 Å². The third kappa shape index (κ3) is 3.59. The highest BCUT2D eigenvalue weighted by molar-refractivity contribution is 5.79. The van der Waals surface area contributed by atoms with Crippen LogP contribution in [0.15, 0.2) is 48.5 Å². The molecule has 1 atom stereocenters. The van der Waals surface area contributed by atoms with Crippen molar-refractivity contribution in [2.45, 2.75) is 13.0 Å². The Morgan fingerprint density at radius 3 is 2.96 bits per heavy atom. The predicted molar refractivity (Wildman–Crippen MR) is 96.7 cm³/mol. The van der Waals surface area contributed by atoms with Crippen LogP contribution in [0.3, 0.4) is 0 Å². The summed E-state index contributed by atoms with van der Waals surface area (Å²) in [4.78, 5) is 12.6. The lowest BCUT2D eigenvalue weighted by Crippen LogP contribution is -2.37. The summed E-state index contributed by atoms with van der Waals surface area (Å²) in [6, 6.07) is 15.2. The Labute approximate surface area is 156 Å². The number of hydrogen-bond donors (Lipinski definition) is 1. The lowest BCUT2D eigenvalue weighted by molar-refractivity contribution is -0.126. The SMILES string of the molecule is COc1ccc2c(c1)C[C@@H](C(=O)NCc1nnnn1-c1ccccc1)CO2. The van der Waals surface area contributed by atoms with Gasteiger partial charge in [0.2, 0.25) is 5.91 Å². The number of hydrogen-bond acceptors (Lipinski definition) is 6. The molecule has 1 aliphatic rings. The largest absolute Gasteiger partial charge is 0.497 e. The minimum Gasteiger partial charge on any atom is -0.497 e. The first-order valence-electron chi connectivity index (χ1n) is 8.64. The van der Waals surface area contributed by atoms with Gasteiger partial charge in [0.25, 0.3) is 0 Å². The summed E-state index contributed by atoms with van der Waals surface area (Å²) < 4.78 is 12.6. The van der Waals surface area contributed by atoms with Gasteiger partial charge in [-0.05, 0) is 52.7 Å². The third-order valence-electron chi connectivity index (χ3n) is 4.50. The van der Waals surface area contributed by atoms with E-state index in [4.69, 9.17) is 9.47 Å². The monoisotopic (exact) mass is 365 g/mol. The number of carbonyl (C=O) groups is 1. The molecule has 4 rings (SSSR count). The number of carbonyl (C=O) groups excluding carboxylic acids is 1. The van der Waals surface area contributed by atoms with Crippen molar-refractivity contribution in [3.05, 3.63) is 59.9 Å². The summed E-state index contributed by atoms with van der Waals surface area (Å²) >= 11 is 0. The lowest BCUT2D eigenvalue weighted by Gasteiger charge is -2.24. The average Bonchev–Trinajstić information content (AvgIpc) is 3.20. The van der Waals surface area contributed by atoms with Gasteiger partial charge in [-0.25, -0.2) is 0 Å². The van der Waals surface area contributed by atoms with E-state index in [2.05, 4.69) is 20.8 Å². The standard InChI is InChI=1S/C19H19N5O3/c1-26-16-7-8-17-13(10-16)9-14(12-27-17)19(25)20-11-18-21-22-23-24(18)15-5-3-2-4-6-15/h2-8,10,14H,9,11-12H2,1H3,(H,20,25)/t14-/m1/s1. The van der Waals surface area contributed by atoms with Crippen LogP contribution >= 0.6 is 0 Å². The van der Waals surface area contributed by atoms with Gasteiger partial charge >= 0.3 is 0 Å². The molecule has 0 saturated carbocycles. The maximum absolute atomic E-state index is 12.6. The number of nitrogens with zero attached hydrogens (tertiary/aromatic N) is 4. The molecule has 2 aromatic carbocycles. The number of rotatable bonds is 5. The zero-order valence-corrected chi connectivity index (χ0v) is 14.8. The normalized spacial score (nSPS) is 15.5. The Morgan fingerprint density at radius 1 is 1.30 bits per heavy atom. The summed E-state index contributed by atoms with van der Waals surface area (Å²) in [7, 11) is 1.62. The smallest absolute Gasteiger partial charge is 0.227 e. The van der Waals surface area contributed by atoms with E-state index in [9.17, 15) is 4.79 Å². The molecule has 1 N–H and O–H groups in total. The van der Waals surface area contributed by atoms with E-state index >= 15 is 0 Å². The number of amides is 1. The number of tetrazole rings is 1. The topological polar surface area (TPSA) is 91.2 Å². The first-order valence-corrected chi connectivity index (χ1v) is 8.64. The Morgan fingerprint density at radius 2 is 2.15 bits per heavy atom. The highest BCUT2D eigenvalue weighted by atomic mass is 16.5. The van der Waals surface area contributed by atoms with Crippen molar-refractivity contribution in [1.29, 1.82) is 0 Å². The maximum Gasteiger partial charge on any atom is 0.227 e. The van der Waals surface area contributed by atoms with Gasteiger partial charge in [0.05, 0.1) is 25.3 Å². The van der Waals surface area contributed by atoms with E-state index in [1.54, 1.807) is 11.8 Å². The molecule has 2 heterocycles. The van der Waals surface area contributed by atoms with Gasteiger partial charge in [-0.15, -0.1) is 5.10 Å². The second-order valence-electron chi connectivity index (χ2n) is 6.25. The molecule has 0 unspecified atom stereocenters. The highest BCUT2D eigenvalue weighted by Gasteiger charge is 2.26. The Bertz CT molecular complexity index is 942. The van der Waals surface area contributed by atoms with E-state index in [0.29, 0.717) is 18.9 Å². The number of aromatic nitrogens is 4. The van der Waals surface area contributed by atoms with E-state index in [0.717, 1.165) is 22.7 Å². The highest BCUT2D eigenvalue weighted by Crippen LogP contribution is 2.30. The van der Waals surface area contributed by atoms with Crippen LogP contribution in [0, 0.1) is 5.92 Å². The molecule has 0 radical (unpaired) electrons. The fraction of sp³-hybridized carbons (Fsp3) is 0.263. The molecule has 1 aliphatic heterocycles. The summed E-state index contributed by atoms with van der Waals surface area (Å²) in [5.41, 5.74) is 1.81. The van der Waals surface area contributed by atoms with Crippen LogP contribution in [0.1, 0.15) is 11.4 Å². The van der Waals surface area contributed by atoms with Crippen molar-refractivity contribution in [1.82, 2.24) is 25.5 Å². The fourth-order valence-corrected chi connectivity index (χ4v) is 3.06. The van der Waals surface area contributed by atoms with Gasteiger partial charge in [-0.3, -0.25) is 4.79 Å². The third-order valence-corrected chi connectivity index (χ3v) is 4.50. The molecule has 1 amide bonds. The van der Waals surface area contributed by atoms with Crippen molar-refractivity contribution < 1.29 is 14.3 Å². The van der Waals surface area contributed by atoms with Crippen LogP contribution < -0.4 is 14.8 Å². The van der Waals surface area contributed by atoms with Gasteiger partial charge in [0, 0.05) is 0 Å². The zero-order valence-electron chi connectivity index (χ0n) is 14.8. The van der Waals surface area contributed by atoms with Gasteiger partial charge in [0.1, 0.15) is 18.1 Å². The Hall–Kier alpha value is -3.42. The number of fused-ring (bicyclic) bond motifs is 1. The molecule has 138 valence electrons. The molecule has 8 heteroatoms. The molecule has 1 aromatic heterocycles. The quantitative estimate of drug-likeness (QED) is 0.737. The molecule has 8 nitrogen and oxygen atoms in total. The van der Waals surface area contributed by atoms with Crippen molar-refractivity contribution in [2.24, 2.45) is 5.92 Å². The number of methoxy groups -OCH3 is 1. The molecular weight excluding hydrogens is 346 g/mol. The van der Waals surface area contributed by atoms with Crippen LogP contribution in [-0.2, 0) is 17.8 Å². The molecule has 0 saturated heterocycles. The number of benzene rings is 2. The van der Waals surface area contributed by atoms with Crippen molar-refractivity contribution in [3.8, 4) is 17.2 Å². The maximum atomic E-state index is 12.6. The minimum absolute atomic E-state index is 0.0916. The Balaban J connectivity index is 1.41. The first kappa shape index (κ1) is 17.0. The van der Waals surface area contributed by atoms with Crippen LogP contribution in [0.25, 0.3) is 5.69 Å². The van der Waals surface area contributed by atoms with Gasteiger partial charge in [0.15, 0.2) is 5.82 Å². The molecule has 27 heavy (non-hydrogen) atoms. The van der Waals surface area contributed by atoms with E-state index < -0.39 is 0 Å². The number of ether oxygens (including phenoxy) is 2. The summed E-state index contributed by atoms with van der Waals surface area (Å²) in [5.74, 6) is 1.75. The second-order valence-corrected chi connectivity index (χ2v) is 6.25. The summed E-state index contributed by atoms with van der Waals surface area (Å²) in [6.07, 6.45) is 0.599. The minimum atomic E-state index is -0.273. The number of para-hydroxylation sites is 1. The van der Waals surface area contributed by atoms with Gasteiger partial charge in [-0.2, -0.15) is 4.68 Å². The van der Waals surface area contributed by atoms with Gasteiger partial charge in [-0.1, -0.05) is 18.2 Å².